The molecule has 1 aliphatic heterocycles. The van der Waals surface area contributed by atoms with Gasteiger partial charge in [-0.1, -0.05) is 13.3 Å². The molecule has 0 saturated carbocycles. The van der Waals surface area contributed by atoms with E-state index in [0.717, 1.165) is 19.5 Å². The van der Waals surface area contributed by atoms with Crippen LogP contribution in [-0.4, -0.2) is 30.8 Å². The van der Waals surface area contributed by atoms with Crippen molar-refractivity contribution >= 4 is 6.09 Å². The van der Waals surface area contributed by atoms with Gasteiger partial charge in [0, 0.05) is 19.1 Å². The standard InChI is InChI=1S/C11H22N2O2/c1-5-8-6-12-7-9(8)13-10(14)15-11(2,3)4/h8-9,12H,5-7H2,1-4H3,(H,13,14)/t8?,9-/m1/s1. The van der Waals surface area contributed by atoms with Crippen LogP contribution in [0.25, 0.3) is 0 Å². The van der Waals surface area contributed by atoms with Crippen LogP contribution in [0.3, 0.4) is 0 Å². The van der Waals surface area contributed by atoms with Crippen molar-refractivity contribution in [3.63, 3.8) is 0 Å². The Morgan fingerprint density at radius 1 is 1.47 bits per heavy atom. The Hall–Kier alpha value is -0.770. The number of amides is 1. The Bertz CT molecular complexity index is 223. The Labute approximate surface area is 91.8 Å². The highest BCUT2D eigenvalue weighted by atomic mass is 16.6. The van der Waals surface area contributed by atoms with E-state index in [1.807, 2.05) is 20.8 Å². The second-order valence-corrected chi connectivity index (χ2v) is 5.08. The Kier molecular flexibility index (Phi) is 3.97. The van der Waals surface area contributed by atoms with E-state index in [-0.39, 0.29) is 12.1 Å². The first kappa shape index (κ1) is 12.3. The summed E-state index contributed by atoms with van der Waals surface area (Å²) in [5.74, 6) is 0.525. The monoisotopic (exact) mass is 214 g/mol. The van der Waals surface area contributed by atoms with Crippen molar-refractivity contribution in [1.29, 1.82) is 0 Å². The molecule has 1 saturated heterocycles. The summed E-state index contributed by atoms with van der Waals surface area (Å²) in [6, 6.07) is 0.213. The fraction of sp³-hybridized carbons (Fsp3) is 0.909. The second kappa shape index (κ2) is 4.84. The van der Waals surface area contributed by atoms with Crippen LogP contribution in [0.4, 0.5) is 4.79 Å². The van der Waals surface area contributed by atoms with E-state index in [4.69, 9.17) is 4.74 Å². The van der Waals surface area contributed by atoms with Gasteiger partial charge in [0.2, 0.25) is 0 Å². The number of carbonyl (C=O) groups is 1. The molecule has 1 amide bonds. The topological polar surface area (TPSA) is 50.4 Å². The first-order valence-electron chi connectivity index (χ1n) is 5.62. The van der Waals surface area contributed by atoms with Gasteiger partial charge < -0.3 is 15.4 Å². The molecule has 0 bridgehead atoms. The molecule has 0 spiro atoms. The lowest BCUT2D eigenvalue weighted by molar-refractivity contribution is 0.0497. The van der Waals surface area contributed by atoms with Crippen molar-refractivity contribution in [2.75, 3.05) is 13.1 Å². The lowest BCUT2D eigenvalue weighted by Crippen LogP contribution is -2.43. The molecule has 1 rings (SSSR count). The molecular weight excluding hydrogens is 192 g/mol. The van der Waals surface area contributed by atoms with Crippen molar-refractivity contribution in [1.82, 2.24) is 10.6 Å². The minimum absolute atomic E-state index is 0.213. The summed E-state index contributed by atoms with van der Waals surface area (Å²) >= 11 is 0. The molecule has 0 aromatic rings. The van der Waals surface area contributed by atoms with Gasteiger partial charge in [0.1, 0.15) is 5.60 Å². The molecule has 2 atom stereocenters. The van der Waals surface area contributed by atoms with Gasteiger partial charge in [0.05, 0.1) is 0 Å². The molecule has 88 valence electrons. The molecule has 0 aliphatic carbocycles. The molecule has 1 unspecified atom stereocenters. The maximum Gasteiger partial charge on any atom is 0.407 e. The number of nitrogens with one attached hydrogen (secondary N) is 2. The van der Waals surface area contributed by atoms with Crippen LogP contribution in [0.1, 0.15) is 34.1 Å². The number of hydrogen-bond donors (Lipinski definition) is 2. The van der Waals surface area contributed by atoms with Crippen molar-refractivity contribution in [3.05, 3.63) is 0 Å². The van der Waals surface area contributed by atoms with E-state index in [1.54, 1.807) is 0 Å². The normalized spacial score (nSPS) is 26.4. The molecular formula is C11H22N2O2. The van der Waals surface area contributed by atoms with Crippen LogP contribution < -0.4 is 10.6 Å². The third kappa shape index (κ3) is 4.08. The average Bonchev–Trinajstić information content (AvgIpc) is 2.48. The molecule has 15 heavy (non-hydrogen) atoms. The van der Waals surface area contributed by atoms with Crippen molar-refractivity contribution in [3.8, 4) is 0 Å². The second-order valence-electron chi connectivity index (χ2n) is 5.08. The quantitative estimate of drug-likeness (QED) is 0.732. The molecule has 0 aromatic heterocycles. The van der Waals surface area contributed by atoms with Crippen LogP contribution in [0.15, 0.2) is 0 Å². The van der Waals surface area contributed by atoms with E-state index in [0.29, 0.717) is 5.92 Å². The highest BCUT2D eigenvalue weighted by molar-refractivity contribution is 5.68. The maximum absolute atomic E-state index is 11.5. The lowest BCUT2D eigenvalue weighted by Gasteiger charge is -2.23. The van der Waals surface area contributed by atoms with Crippen LogP contribution in [-0.2, 0) is 4.74 Å². The number of hydrogen-bond acceptors (Lipinski definition) is 3. The molecule has 1 aliphatic rings. The first-order chi connectivity index (χ1) is 6.92. The molecule has 1 fully saturated rings. The third-order valence-electron chi connectivity index (χ3n) is 2.57. The first-order valence-corrected chi connectivity index (χ1v) is 5.62. The number of rotatable bonds is 2. The van der Waals surface area contributed by atoms with E-state index in [2.05, 4.69) is 17.6 Å². The minimum atomic E-state index is -0.419. The van der Waals surface area contributed by atoms with Crippen LogP contribution >= 0.6 is 0 Å². The number of ether oxygens (including phenoxy) is 1. The van der Waals surface area contributed by atoms with Gasteiger partial charge >= 0.3 is 6.09 Å². The van der Waals surface area contributed by atoms with Crippen molar-refractivity contribution < 1.29 is 9.53 Å². The zero-order chi connectivity index (χ0) is 11.5. The van der Waals surface area contributed by atoms with Gasteiger partial charge in [-0.3, -0.25) is 0 Å². The van der Waals surface area contributed by atoms with E-state index < -0.39 is 5.60 Å². The summed E-state index contributed by atoms with van der Waals surface area (Å²) in [4.78, 5) is 11.5. The van der Waals surface area contributed by atoms with Crippen molar-refractivity contribution in [2.24, 2.45) is 5.92 Å². The summed E-state index contributed by atoms with van der Waals surface area (Å²) in [6.45, 7) is 9.58. The van der Waals surface area contributed by atoms with E-state index >= 15 is 0 Å². The van der Waals surface area contributed by atoms with Crippen LogP contribution in [0.2, 0.25) is 0 Å². The highest BCUT2D eigenvalue weighted by Crippen LogP contribution is 2.14. The van der Waals surface area contributed by atoms with Crippen LogP contribution in [0, 0.1) is 5.92 Å². The maximum atomic E-state index is 11.5. The lowest BCUT2D eigenvalue weighted by atomic mass is 10.0. The summed E-state index contributed by atoms with van der Waals surface area (Å²) in [7, 11) is 0. The summed E-state index contributed by atoms with van der Waals surface area (Å²) in [6.07, 6.45) is 0.766. The predicted octanol–water partition coefficient (Wildman–Crippen LogP) is 1.51. The Balaban J connectivity index is 2.37. The summed E-state index contributed by atoms with van der Waals surface area (Å²) < 4.78 is 5.21. The zero-order valence-electron chi connectivity index (χ0n) is 10.1. The van der Waals surface area contributed by atoms with Crippen LogP contribution in [0.5, 0.6) is 0 Å². The Morgan fingerprint density at radius 3 is 2.67 bits per heavy atom. The third-order valence-corrected chi connectivity index (χ3v) is 2.57. The smallest absolute Gasteiger partial charge is 0.407 e. The number of alkyl carbamates (subject to hydrolysis) is 1. The van der Waals surface area contributed by atoms with E-state index in [1.165, 1.54) is 0 Å². The molecule has 4 nitrogen and oxygen atoms in total. The minimum Gasteiger partial charge on any atom is -0.444 e. The Morgan fingerprint density at radius 2 is 2.13 bits per heavy atom. The van der Waals surface area contributed by atoms with Crippen molar-refractivity contribution in [2.45, 2.75) is 45.8 Å². The van der Waals surface area contributed by atoms with Gasteiger partial charge in [0.15, 0.2) is 0 Å². The van der Waals surface area contributed by atoms with Gasteiger partial charge in [-0.2, -0.15) is 0 Å². The zero-order valence-corrected chi connectivity index (χ0v) is 10.1. The van der Waals surface area contributed by atoms with Gasteiger partial charge in [-0.25, -0.2) is 4.79 Å². The number of carbonyl (C=O) groups excluding carboxylic acids is 1. The SMILES string of the molecule is CCC1CNC[C@H]1NC(=O)OC(C)(C)C. The predicted molar refractivity (Wildman–Crippen MR) is 59.8 cm³/mol. The fourth-order valence-corrected chi connectivity index (χ4v) is 1.79. The summed E-state index contributed by atoms with van der Waals surface area (Å²) in [5.41, 5.74) is -0.419. The van der Waals surface area contributed by atoms with Gasteiger partial charge in [-0.05, 0) is 26.7 Å². The average molecular weight is 214 g/mol. The molecule has 0 aromatic carbocycles. The highest BCUT2D eigenvalue weighted by Gasteiger charge is 2.28. The fourth-order valence-electron chi connectivity index (χ4n) is 1.79. The molecule has 1 heterocycles. The largest absolute Gasteiger partial charge is 0.444 e. The summed E-state index contributed by atoms with van der Waals surface area (Å²) in [5, 5.41) is 6.18. The molecule has 0 radical (unpaired) electrons. The van der Waals surface area contributed by atoms with Gasteiger partial charge in [-0.15, -0.1) is 0 Å². The molecule has 2 N–H and O–H groups in total. The van der Waals surface area contributed by atoms with Gasteiger partial charge in [0.25, 0.3) is 0 Å². The van der Waals surface area contributed by atoms with E-state index in [9.17, 15) is 4.79 Å². The molecule has 4 heteroatoms.